The lowest BCUT2D eigenvalue weighted by atomic mass is 10.2. The zero-order valence-electron chi connectivity index (χ0n) is 10.8. The van der Waals surface area contributed by atoms with Gasteiger partial charge in [-0.05, 0) is 36.4 Å². The van der Waals surface area contributed by atoms with Crippen LogP contribution in [0.3, 0.4) is 0 Å². The summed E-state index contributed by atoms with van der Waals surface area (Å²) in [6, 6.07) is 7.80. The number of rotatable bonds is 2. The highest BCUT2D eigenvalue weighted by molar-refractivity contribution is 7.99. The summed E-state index contributed by atoms with van der Waals surface area (Å²) in [6.07, 6.45) is 5.12. The lowest BCUT2D eigenvalue weighted by Crippen LogP contribution is -2.08. The summed E-state index contributed by atoms with van der Waals surface area (Å²) in [4.78, 5) is 12.8. The first-order valence-electron chi connectivity index (χ1n) is 6.24. The maximum atomic E-state index is 9.30. The highest BCUT2D eigenvalue weighted by Crippen LogP contribution is 2.31. The average Bonchev–Trinajstić information content (AvgIpc) is 3.11. The molecule has 1 fully saturated rings. The fraction of sp³-hybridized carbons (Fsp3) is 0.286. The Kier molecular flexibility index (Phi) is 5.06. The molecule has 0 spiro atoms. The Bertz CT molecular complexity index is 548. The summed E-state index contributed by atoms with van der Waals surface area (Å²) in [5.74, 6) is 3.69. The molecule has 2 aromatic rings. The van der Waals surface area contributed by atoms with Gasteiger partial charge in [-0.2, -0.15) is 11.8 Å². The number of aromatic hydroxyl groups is 1. The van der Waals surface area contributed by atoms with Crippen molar-refractivity contribution in [3.8, 4) is 17.1 Å². The van der Waals surface area contributed by atoms with Crippen molar-refractivity contribution in [2.45, 2.75) is 12.5 Å². The van der Waals surface area contributed by atoms with Crippen LogP contribution in [0.5, 0.6) is 5.75 Å². The highest BCUT2D eigenvalue weighted by atomic mass is 32.2. The van der Waals surface area contributed by atoms with Crippen LogP contribution in [-0.4, -0.2) is 37.7 Å². The molecule has 0 radical (unpaired) electrons. The molecule has 20 heavy (non-hydrogen) atoms. The van der Waals surface area contributed by atoms with Gasteiger partial charge in [-0.1, -0.05) is 0 Å². The summed E-state index contributed by atoms with van der Waals surface area (Å²) in [5.41, 5.74) is 1.06. The van der Waals surface area contributed by atoms with Crippen LogP contribution in [0, 0.1) is 0 Å². The van der Waals surface area contributed by atoms with Gasteiger partial charge < -0.3 is 14.8 Å². The van der Waals surface area contributed by atoms with Crippen LogP contribution in [0.15, 0.2) is 36.7 Å². The maximum absolute atomic E-state index is 9.30. The number of carboxylic acid groups (broad SMARTS) is 1. The minimum Gasteiger partial charge on any atom is -0.508 e. The smallest absolute Gasteiger partial charge is 0.290 e. The first kappa shape index (κ1) is 14.5. The number of phenols is 1. The zero-order valence-corrected chi connectivity index (χ0v) is 11.7. The molecule has 5 nitrogen and oxygen atoms in total. The van der Waals surface area contributed by atoms with Gasteiger partial charge in [0, 0.05) is 29.8 Å². The van der Waals surface area contributed by atoms with E-state index in [-0.39, 0.29) is 6.47 Å². The number of hydrogen-bond acceptors (Lipinski definition) is 4. The van der Waals surface area contributed by atoms with Crippen LogP contribution in [0.4, 0.5) is 0 Å². The molecule has 6 heteroatoms. The monoisotopic (exact) mass is 292 g/mol. The van der Waals surface area contributed by atoms with Crippen LogP contribution in [0.2, 0.25) is 0 Å². The van der Waals surface area contributed by atoms with E-state index in [9.17, 15) is 5.11 Å². The first-order chi connectivity index (χ1) is 9.76. The second-order valence-corrected chi connectivity index (χ2v) is 5.48. The number of imidazole rings is 1. The molecular weight excluding hydrogens is 276 g/mol. The van der Waals surface area contributed by atoms with E-state index in [2.05, 4.69) is 15.7 Å². The predicted molar refractivity (Wildman–Crippen MR) is 79.0 cm³/mol. The lowest BCUT2D eigenvalue weighted by Gasteiger charge is -2.14. The van der Waals surface area contributed by atoms with Crippen LogP contribution in [0.25, 0.3) is 11.4 Å². The zero-order chi connectivity index (χ0) is 14.4. The molecule has 1 aromatic carbocycles. The van der Waals surface area contributed by atoms with Crippen molar-refractivity contribution in [1.29, 1.82) is 0 Å². The van der Waals surface area contributed by atoms with Crippen molar-refractivity contribution in [3.05, 3.63) is 36.7 Å². The normalized spacial score (nSPS) is 17.3. The summed E-state index contributed by atoms with van der Waals surface area (Å²) >= 11 is 2.00. The summed E-state index contributed by atoms with van der Waals surface area (Å²) in [5, 5.41) is 16.2. The molecule has 0 bridgehead atoms. The van der Waals surface area contributed by atoms with Gasteiger partial charge in [0.25, 0.3) is 6.47 Å². The van der Waals surface area contributed by atoms with Crippen molar-refractivity contribution in [1.82, 2.24) is 9.55 Å². The Hall–Kier alpha value is -1.95. The molecule has 1 saturated heterocycles. The number of nitrogens with zero attached hydrogens (tertiary/aromatic N) is 2. The second-order valence-electron chi connectivity index (χ2n) is 4.33. The molecule has 1 aliphatic heterocycles. The molecule has 0 saturated carbocycles. The van der Waals surface area contributed by atoms with E-state index < -0.39 is 0 Å². The third kappa shape index (κ3) is 3.33. The van der Waals surface area contributed by atoms with Crippen molar-refractivity contribution >= 4 is 18.2 Å². The number of thioether (sulfide) groups is 1. The van der Waals surface area contributed by atoms with Gasteiger partial charge >= 0.3 is 0 Å². The Morgan fingerprint density at radius 3 is 2.65 bits per heavy atom. The van der Waals surface area contributed by atoms with Gasteiger partial charge in [-0.15, -0.1) is 0 Å². The van der Waals surface area contributed by atoms with E-state index in [0.29, 0.717) is 11.8 Å². The Labute approximate surface area is 121 Å². The standard InChI is InChI=1S/C13H14N2OS.CH2O2/c16-12-3-1-10(2-4-12)13-14-6-7-15(13)11-5-8-17-9-11;2-1-3/h1-4,6-7,11,16H,5,8-9H2;1H,(H,2,3). The number of benzene rings is 1. The molecule has 0 aliphatic carbocycles. The van der Waals surface area contributed by atoms with Gasteiger partial charge in [0.15, 0.2) is 0 Å². The van der Waals surface area contributed by atoms with Crippen LogP contribution in [0.1, 0.15) is 12.5 Å². The molecular formula is C14H16N2O3S. The van der Waals surface area contributed by atoms with Crippen LogP contribution in [-0.2, 0) is 4.79 Å². The third-order valence-electron chi connectivity index (χ3n) is 3.09. The minimum absolute atomic E-state index is 0.250. The van der Waals surface area contributed by atoms with Gasteiger partial charge in [0.1, 0.15) is 11.6 Å². The second kappa shape index (κ2) is 7.00. The summed E-state index contributed by atoms with van der Waals surface area (Å²) in [7, 11) is 0. The highest BCUT2D eigenvalue weighted by Gasteiger charge is 2.20. The van der Waals surface area contributed by atoms with Crippen molar-refractivity contribution in [2.24, 2.45) is 0 Å². The Balaban J connectivity index is 0.000000452. The van der Waals surface area contributed by atoms with E-state index in [0.717, 1.165) is 11.4 Å². The van der Waals surface area contributed by atoms with Gasteiger partial charge in [0.05, 0.1) is 0 Å². The van der Waals surface area contributed by atoms with Gasteiger partial charge in [-0.25, -0.2) is 4.98 Å². The molecule has 106 valence electrons. The molecule has 3 rings (SSSR count). The van der Waals surface area contributed by atoms with Crippen LogP contribution < -0.4 is 0 Å². The molecule has 2 N–H and O–H groups in total. The van der Waals surface area contributed by atoms with E-state index >= 15 is 0 Å². The number of carbonyl (C=O) groups is 1. The number of phenolic OH excluding ortho intramolecular Hbond substituents is 1. The predicted octanol–water partition coefficient (Wildman–Crippen LogP) is 2.63. The van der Waals surface area contributed by atoms with Crippen molar-refractivity contribution in [2.75, 3.05) is 11.5 Å². The summed E-state index contributed by atoms with van der Waals surface area (Å²) in [6.45, 7) is -0.250. The van der Waals surface area contributed by atoms with E-state index in [4.69, 9.17) is 9.90 Å². The van der Waals surface area contributed by atoms with E-state index in [1.54, 1.807) is 12.1 Å². The lowest BCUT2D eigenvalue weighted by molar-refractivity contribution is -0.122. The fourth-order valence-corrected chi connectivity index (χ4v) is 3.39. The fourth-order valence-electron chi connectivity index (χ4n) is 2.18. The molecule has 1 aliphatic rings. The maximum Gasteiger partial charge on any atom is 0.290 e. The van der Waals surface area contributed by atoms with Gasteiger partial charge in [0.2, 0.25) is 0 Å². The quantitative estimate of drug-likeness (QED) is 0.832. The Morgan fingerprint density at radius 1 is 1.35 bits per heavy atom. The SMILES string of the molecule is O=CO.Oc1ccc(-c2nccn2C2CCSC2)cc1. The van der Waals surface area contributed by atoms with Gasteiger partial charge in [-0.3, -0.25) is 4.79 Å². The van der Waals surface area contributed by atoms with Crippen LogP contribution >= 0.6 is 11.8 Å². The molecule has 2 heterocycles. The first-order valence-corrected chi connectivity index (χ1v) is 7.39. The number of aromatic nitrogens is 2. The summed E-state index contributed by atoms with van der Waals surface area (Å²) < 4.78 is 2.26. The minimum atomic E-state index is -0.250. The van der Waals surface area contributed by atoms with E-state index in [1.807, 2.05) is 30.1 Å². The third-order valence-corrected chi connectivity index (χ3v) is 4.24. The molecule has 1 aromatic heterocycles. The molecule has 1 atom stereocenters. The topological polar surface area (TPSA) is 75.3 Å². The largest absolute Gasteiger partial charge is 0.508 e. The molecule has 1 unspecified atom stereocenters. The Morgan fingerprint density at radius 2 is 2.05 bits per heavy atom. The van der Waals surface area contributed by atoms with Crippen molar-refractivity contribution < 1.29 is 15.0 Å². The van der Waals surface area contributed by atoms with E-state index in [1.165, 1.54) is 17.9 Å². The number of hydrogen-bond donors (Lipinski definition) is 2. The molecule has 0 amide bonds. The average molecular weight is 292 g/mol. The van der Waals surface area contributed by atoms with Crippen molar-refractivity contribution in [3.63, 3.8) is 0 Å².